The first kappa shape index (κ1) is 17.8. The molecule has 0 N–H and O–H groups in total. The monoisotopic (exact) mass is 372 g/mol. The fraction of sp³-hybridized carbons (Fsp3) is 0.130. The lowest BCUT2D eigenvalue weighted by molar-refractivity contribution is -0.119. The van der Waals surface area contributed by atoms with Crippen LogP contribution in [0.15, 0.2) is 88.1 Å². The van der Waals surface area contributed by atoms with Gasteiger partial charge in [-0.15, -0.1) is 0 Å². The lowest BCUT2D eigenvalue weighted by Gasteiger charge is -2.23. The van der Waals surface area contributed by atoms with E-state index >= 15 is 0 Å². The van der Waals surface area contributed by atoms with E-state index < -0.39 is 5.76 Å². The number of anilines is 1. The lowest BCUT2D eigenvalue weighted by Crippen LogP contribution is -2.35. The third-order valence-electron chi connectivity index (χ3n) is 4.70. The summed E-state index contributed by atoms with van der Waals surface area (Å²) in [6, 6.07) is 24.7. The standard InChI is InChI=1S/C23H20N2O3/c1-17-11-13-19(14-12-17)24(15-18-7-3-2-4-8-18)22(26)16-25-20-9-5-6-10-21(20)28-23(25)27/h2-14H,15-16H2,1H3. The molecule has 4 rings (SSSR count). The van der Waals surface area contributed by atoms with E-state index in [4.69, 9.17) is 4.42 Å². The van der Waals surface area contributed by atoms with E-state index in [-0.39, 0.29) is 12.5 Å². The van der Waals surface area contributed by atoms with Crippen LogP contribution in [0, 0.1) is 6.92 Å². The van der Waals surface area contributed by atoms with Gasteiger partial charge >= 0.3 is 5.76 Å². The molecule has 5 nitrogen and oxygen atoms in total. The summed E-state index contributed by atoms with van der Waals surface area (Å²) in [5.74, 6) is -0.709. The van der Waals surface area contributed by atoms with Crippen molar-refractivity contribution in [3.63, 3.8) is 0 Å². The van der Waals surface area contributed by atoms with Crippen LogP contribution in [0.5, 0.6) is 0 Å². The third-order valence-corrected chi connectivity index (χ3v) is 4.70. The predicted molar refractivity (Wildman–Crippen MR) is 109 cm³/mol. The number of aryl methyl sites for hydroxylation is 1. The Kier molecular flexibility index (Phi) is 4.81. The number of hydrogen-bond acceptors (Lipinski definition) is 3. The average Bonchev–Trinajstić information content (AvgIpc) is 3.03. The Morgan fingerprint density at radius 1 is 0.929 bits per heavy atom. The maximum atomic E-state index is 13.2. The smallest absolute Gasteiger partial charge is 0.408 e. The molecule has 0 spiro atoms. The van der Waals surface area contributed by atoms with Gasteiger partial charge in [0.2, 0.25) is 5.91 Å². The lowest BCUT2D eigenvalue weighted by atomic mass is 10.1. The van der Waals surface area contributed by atoms with Crippen LogP contribution in [-0.2, 0) is 17.9 Å². The van der Waals surface area contributed by atoms with E-state index in [1.807, 2.05) is 67.6 Å². The fourth-order valence-electron chi connectivity index (χ4n) is 3.20. The highest BCUT2D eigenvalue weighted by molar-refractivity contribution is 5.93. The maximum Gasteiger partial charge on any atom is 0.420 e. The molecule has 1 amide bonds. The Morgan fingerprint density at radius 3 is 2.36 bits per heavy atom. The summed E-state index contributed by atoms with van der Waals surface area (Å²) < 4.78 is 6.63. The van der Waals surface area contributed by atoms with Crippen molar-refractivity contribution in [1.29, 1.82) is 0 Å². The number of hydrogen-bond donors (Lipinski definition) is 0. The Morgan fingerprint density at radius 2 is 1.61 bits per heavy atom. The van der Waals surface area contributed by atoms with Crippen LogP contribution in [0.1, 0.15) is 11.1 Å². The molecule has 1 heterocycles. The minimum absolute atomic E-state index is 0.0867. The van der Waals surface area contributed by atoms with Crippen LogP contribution in [0.4, 0.5) is 5.69 Å². The van der Waals surface area contributed by atoms with Crippen molar-refractivity contribution in [2.45, 2.75) is 20.0 Å². The van der Waals surface area contributed by atoms with Crippen molar-refractivity contribution >= 4 is 22.7 Å². The summed E-state index contributed by atoms with van der Waals surface area (Å²) in [5.41, 5.74) is 4.02. The first-order valence-electron chi connectivity index (χ1n) is 9.11. The van der Waals surface area contributed by atoms with Gasteiger partial charge in [-0.05, 0) is 36.8 Å². The van der Waals surface area contributed by atoms with E-state index in [0.29, 0.717) is 17.6 Å². The molecule has 0 aliphatic carbocycles. The quantitative estimate of drug-likeness (QED) is 0.529. The van der Waals surface area contributed by atoms with Crippen molar-refractivity contribution in [1.82, 2.24) is 4.57 Å². The fourth-order valence-corrected chi connectivity index (χ4v) is 3.20. The van der Waals surface area contributed by atoms with Crippen molar-refractivity contribution < 1.29 is 9.21 Å². The van der Waals surface area contributed by atoms with E-state index in [9.17, 15) is 9.59 Å². The number of para-hydroxylation sites is 2. The third kappa shape index (κ3) is 3.60. The van der Waals surface area contributed by atoms with Crippen molar-refractivity contribution in [3.8, 4) is 0 Å². The molecule has 0 atom stereocenters. The van der Waals surface area contributed by atoms with Gasteiger partial charge in [0, 0.05) is 5.69 Å². The zero-order valence-corrected chi connectivity index (χ0v) is 15.5. The van der Waals surface area contributed by atoms with Gasteiger partial charge in [0.1, 0.15) is 6.54 Å². The minimum Gasteiger partial charge on any atom is -0.408 e. The minimum atomic E-state index is -0.530. The van der Waals surface area contributed by atoms with Gasteiger partial charge in [-0.1, -0.05) is 60.2 Å². The van der Waals surface area contributed by atoms with Crippen LogP contribution < -0.4 is 10.7 Å². The molecular formula is C23H20N2O3. The summed E-state index contributed by atoms with van der Waals surface area (Å²) in [7, 11) is 0. The first-order valence-corrected chi connectivity index (χ1v) is 9.11. The highest BCUT2D eigenvalue weighted by Gasteiger charge is 2.20. The molecule has 0 aliphatic rings. The molecule has 3 aromatic carbocycles. The van der Waals surface area contributed by atoms with Crippen LogP contribution >= 0.6 is 0 Å². The normalized spacial score (nSPS) is 10.9. The molecule has 0 unspecified atom stereocenters. The molecular weight excluding hydrogens is 352 g/mol. The molecule has 1 aromatic heterocycles. The molecule has 0 radical (unpaired) electrons. The van der Waals surface area contributed by atoms with Gasteiger partial charge in [0.05, 0.1) is 12.1 Å². The van der Waals surface area contributed by atoms with E-state index in [1.54, 1.807) is 23.1 Å². The topological polar surface area (TPSA) is 55.5 Å². The Bertz CT molecular complexity index is 1160. The molecule has 0 saturated carbocycles. The second-order valence-corrected chi connectivity index (χ2v) is 6.72. The summed E-state index contributed by atoms with van der Waals surface area (Å²) >= 11 is 0. The zero-order valence-electron chi connectivity index (χ0n) is 15.5. The Labute approximate surface area is 162 Å². The van der Waals surface area contributed by atoms with Crippen LogP contribution in [-0.4, -0.2) is 10.5 Å². The second kappa shape index (κ2) is 7.56. The van der Waals surface area contributed by atoms with Crippen molar-refractivity contribution in [2.75, 3.05) is 4.90 Å². The number of oxazole rings is 1. The molecule has 28 heavy (non-hydrogen) atoms. The summed E-state index contributed by atoms with van der Waals surface area (Å²) in [6.45, 7) is 2.34. The van der Waals surface area contributed by atoms with Crippen molar-refractivity contribution in [2.24, 2.45) is 0 Å². The number of nitrogens with zero attached hydrogens (tertiary/aromatic N) is 2. The van der Waals surface area contributed by atoms with Gasteiger partial charge < -0.3 is 9.32 Å². The van der Waals surface area contributed by atoms with E-state index in [1.165, 1.54) is 4.57 Å². The number of fused-ring (bicyclic) bond motifs is 1. The Hall–Kier alpha value is -3.60. The van der Waals surface area contributed by atoms with Crippen molar-refractivity contribution in [3.05, 3.63) is 101 Å². The number of carbonyl (C=O) groups excluding carboxylic acids is 1. The van der Waals surface area contributed by atoms with Gasteiger partial charge in [-0.3, -0.25) is 9.36 Å². The van der Waals surface area contributed by atoms with Gasteiger partial charge in [0.25, 0.3) is 0 Å². The van der Waals surface area contributed by atoms with Gasteiger partial charge in [-0.2, -0.15) is 0 Å². The van der Waals surface area contributed by atoms with Gasteiger partial charge in [-0.25, -0.2) is 4.79 Å². The number of benzene rings is 3. The van der Waals surface area contributed by atoms with E-state index in [0.717, 1.165) is 16.8 Å². The average molecular weight is 372 g/mol. The highest BCUT2D eigenvalue weighted by atomic mass is 16.4. The molecule has 5 heteroatoms. The molecule has 0 bridgehead atoms. The number of aromatic nitrogens is 1. The summed E-state index contributed by atoms with van der Waals surface area (Å²) in [4.78, 5) is 27.2. The molecule has 0 fully saturated rings. The second-order valence-electron chi connectivity index (χ2n) is 6.72. The summed E-state index contributed by atoms with van der Waals surface area (Å²) in [5, 5.41) is 0. The molecule has 4 aromatic rings. The molecule has 0 aliphatic heterocycles. The maximum absolute atomic E-state index is 13.2. The SMILES string of the molecule is Cc1ccc(N(Cc2ccccc2)C(=O)Cn2c(=O)oc3ccccc32)cc1. The van der Waals surface area contributed by atoms with Crippen LogP contribution in [0.3, 0.4) is 0 Å². The predicted octanol–water partition coefficient (Wildman–Crippen LogP) is 4.14. The first-order chi connectivity index (χ1) is 13.6. The van der Waals surface area contributed by atoms with E-state index in [2.05, 4.69) is 0 Å². The zero-order chi connectivity index (χ0) is 19.5. The number of rotatable bonds is 5. The summed E-state index contributed by atoms with van der Waals surface area (Å²) in [6.07, 6.45) is 0. The number of amides is 1. The van der Waals surface area contributed by atoms with Crippen LogP contribution in [0.2, 0.25) is 0 Å². The highest BCUT2D eigenvalue weighted by Crippen LogP contribution is 2.20. The molecule has 140 valence electrons. The largest absolute Gasteiger partial charge is 0.420 e. The molecule has 0 saturated heterocycles. The van der Waals surface area contributed by atoms with Gasteiger partial charge in [0.15, 0.2) is 5.58 Å². The number of carbonyl (C=O) groups is 1. The van der Waals surface area contributed by atoms with Crippen LogP contribution in [0.25, 0.3) is 11.1 Å². The Balaban J connectivity index is 1.69.